The van der Waals surface area contributed by atoms with Gasteiger partial charge in [-0.15, -0.1) is 10.2 Å². The summed E-state index contributed by atoms with van der Waals surface area (Å²) >= 11 is 1.41. The molecule has 6 heteroatoms. The van der Waals surface area contributed by atoms with Gasteiger partial charge in [-0.1, -0.05) is 87.1 Å². The fourth-order valence-corrected chi connectivity index (χ4v) is 3.77. The Balaban J connectivity index is 1.65. The van der Waals surface area contributed by atoms with Crippen molar-refractivity contribution in [1.82, 2.24) is 20.1 Å². The molecule has 1 amide bonds. The first-order chi connectivity index (χ1) is 13.8. The molecule has 0 radical (unpaired) electrons. The number of thioether (sulfide) groups is 1. The van der Waals surface area contributed by atoms with Crippen LogP contribution >= 0.6 is 11.8 Å². The summed E-state index contributed by atoms with van der Waals surface area (Å²) in [5.74, 6) is 0.780. The summed E-state index contributed by atoms with van der Waals surface area (Å²) in [6, 6.07) is 18.3. The minimum Gasteiger partial charge on any atom is -0.351 e. The van der Waals surface area contributed by atoms with Crippen molar-refractivity contribution in [3.8, 4) is 11.4 Å². The summed E-state index contributed by atoms with van der Waals surface area (Å²) in [4.78, 5) is 12.5. The lowest BCUT2D eigenvalue weighted by Crippen LogP contribution is -2.30. The number of benzene rings is 2. The molecule has 0 spiro atoms. The zero-order valence-corrected chi connectivity index (χ0v) is 18.5. The number of hydrogen-bond acceptors (Lipinski definition) is 4. The van der Waals surface area contributed by atoms with Gasteiger partial charge in [0.15, 0.2) is 11.0 Å². The van der Waals surface area contributed by atoms with E-state index >= 15 is 0 Å². The van der Waals surface area contributed by atoms with Gasteiger partial charge in [0.25, 0.3) is 0 Å². The van der Waals surface area contributed by atoms with Crippen LogP contribution in [0, 0.1) is 0 Å². The van der Waals surface area contributed by atoms with Crippen molar-refractivity contribution in [2.45, 2.75) is 50.1 Å². The van der Waals surface area contributed by atoms with Crippen LogP contribution in [-0.4, -0.2) is 25.9 Å². The van der Waals surface area contributed by atoms with Crippen LogP contribution in [-0.2, 0) is 23.8 Å². The minimum absolute atomic E-state index is 0.0158. The van der Waals surface area contributed by atoms with Gasteiger partial charge < -0.3 is 9.88 Å². The molecule has 0 aliphatic carbocycles. The quantitative estimate of drug-likeness (QED) is 0.607. The average Bonchev–Trinajstić information content (AvgIpc) is 3.06. The normalized spacial score (nSPS) is 12.6. The van der Waals surface area contributed by atoms with Crippen molar-refractivity contribution in [3.05, 3.63) is 65.7 Å². The summed E-state index contributed by atoms with van der Waals surface area (Å²) in [5, 5.41) is 12.1. The van der Waals surface area contributed by atoms with E-state index in [9.17, 15) is 4.79 Å². The Bertz CT molecular complexity index is 959. The monoisotopic (exact) mass is 408 g/mol. The molecular formula is C23H28N4OS. The molecule has 0 saturated heterocycles. The number of rotatable bonds is 6. The molecule has 3 rings (SSSR count). The maximum Gasteiger partial charge on any atom is 0.233 e. The van der Waals surface area contributed by atoms with Gasteiger partial charge in [0.05, 0.1) is 5.25 Å². The maximum atomic E-state index is 12.5. The number of nitrogens with zero attached hydrogens (tertiary/aromatic N) is 3. The van der Waals surface area contributed by atoms with Gasteiger partial charge in [-0.2, -0.15) is 0 Å². The van der Waals surface area contributed by atoms with E-state index < -0.39 is 0 Å². The van der Waals surface area contributed by atoms with E-state index in [1.165, 1.54) is 17.3 Å². The number of amides is 1. The number of carbonyl (C=O) groups excluding carboxylic acids is 1. The molecule has 2 aromatic carbocycles. The molecule has 29 heavy (non-hydrogen) atoms. The molecule has 152 valence electrons. The van der Waals surface area contributed by atoms with Crippen molar-refractivity contribution >= 4 is 17.7 Å². The molecule has 0 aliphatic rings. The number of carbonyl (C=O) groups is 1. The highest BCUT2D eigenvalue weighted by Gasteiger charge is 2.20. The zero-order chi connectivity index (χ0) is 21.0. The molecule has 1 heterocycles. The van der Waals surface area contributed by atoms with Crippen molar-refractivity contribution in [1.29, 1.82) is 0 Å². The van der Waals surface area contributed by atoms with Gasteiger partial charge in [-0.05, 0) is 23.5 Å². The highest BCUT2D eigenvalue weighted by molar-refractivity contribution is 8.00. The first-order valence-electron chi connectivity index (χ1n) is 9.74. The largest absolute Gasteiger partial charge is 0.351 e. The van der Waals surface area contributed by atoms with Gasteiger partial charge >= 0.3 is 0 Å². The molecule has 0 saturated carbocycles. The minimum atomic E-state index is -0.266. The van der Waals surface area contributed by atoms with Crippen LogP contribution in [0.5, 0.6) is 0 Å². The second-order valence-electron chi connectivity index (χ2n) is 8.16. The molecule has 3 aromatic rings. The van der Waals surface area contributed by atoms with Crippen LogP contribution in [0.1, 0.15) is 38.8 Å². The Hall–Kier alpha value is -2.60. The van der Waals surface area contributed by atoms with Gasteiger partial charge in [0.2, 0.25) is 5.91 Å². The fraction of sp³-hybridized carbons (Fsp3) is 0.348. The summed E-state index contributed by atoms with van der Waals surface area (Å²) in [7, 11) is 1.93. The summed E-state index contributed by atoms with van der Waals surface area (Å²) in [6.07, 6.45) is 0. The van der Waals surface area contributed by atoms with Crippen LogP contribution in [0.25, 0.3) is 11.4 Å². The van der Waals surface area contributed by atoms with Crippen LogP contribution in [0.4, 0.5) is 0 Å². The van der Waals surface area contributed by atoms with Crippen molar-refractivity contribution < 1.29 is 4.79 Å². The van der Waals surface area contributed by atoms with Crippen molar-refractivity contribution in [2.75, 3.05) is 0 Å². The molecule has 0 bridgehead atoms. The second kappa shape index (κ2) is 8.82. The Kier molecular flexibility index (Phi) is 6.42. The third-order valence-electron chi connectivity index (χ3n) is 4.81. The molecule has 1 atom stereocenters. The number of hydrogen-bond donors (Lipinski definition) is 1. The molecule has 0 fully saturated rings. The molecule has 0 unspecified atom stereocenters. The predicted molar refractivity (Wildman–Crippen MR) is 119 cm³/mol. The summed E-state index contributed by atoms with van der Waals surface area (Å²) in [5.41, 5.74) is 3.49. The third-order valence-corrected chi connectivity index (χ3v) is 5.94. The van der Waals surface area contributed by atoms with Gasteiger partial charge in [0.1, 0.15) is 0 Å². The van der Waals surface area contributed by atoms with Gasteiger partial charge in [-0.25, -0.2) is 0 Å². The van der Waals surface area contributed by atoms with Gasteiger partial charge in [-0.3, -0.25) is 4.79 Å². The lowest BCUT2D eigenvalue weighted by Gasteiger charge is -2.19. The topological polar surface area (TPSA) is 59.8 Å². The van der Waals surface area contributed by atoms with E-state index in [4.69, 9.17) is 0 Å². The van der Waals surface area contributed by atoms with Crippen LogP contribution in [0.2, 0.25) is 0 Å². The lowest BCUT2D eigenvalue weighted by molar-refractivity contribution is -0.120. The number of aromatic nitrogens is 3. The van der Waals surface area contributed by atoms with Crippen molar-refractivity contribution in [2.24, 2.45) is 7.05 Å². The smallest absolute Gasteiger partial charge is 0.233 e. The van der Waals surface area contributed by atoms with E-state index in [0.717, 1.165) is 22.1 Å². The van der Waals surface area contributed by atoms with Crippen LogP contribution in [0.15, 0.2) is 59.8 Å². The van der Waals surface area contributed by atoms with E-state index in [1.807, 2.05) is 48.9 Å². The Morgan fingerprint density at radius 2 is 1.72 bits per heavy atom. The Morgan fingerprint density at radius 3 is 2.34 bits per heavy atom. The summed E-state index contributed by atoms with van der Waals surface area (Å²) in [6.45, 7) is 9.00. The molecule has 5 nitrogen and oxygen atoms in total. The highest BCUT2D eigenvalue weighted by Crippen LogP contribution is 2.28. The van der Waals surface area contributed by atoms with Crippen LogP contribution < -0.4 is 5.32 Å². The standard InChI is InChI=1S/C23H28N4OS/c1-16(21(28)24-15-17-9-7-6-8-10-17)29-22-26-25-20(27(22)5)18-11-13-19(14-12-18)23(2,3)4/h6-14,16H,15H2,1-5H3,(H,24,28)/t16-/m0/s1. The van der Waals surface area contributed by atoms with Crippen LogP contribution in [0.3, 0.4) is 0 Å². The zero-order valence-electron chi connectivity index (χ0n) is 17.6. The SMILES string of the molecule is C[C@H](Sc1nnc(-c2ccc(C(C)(C)C)cc2)n1C)C(=O)NCc1ccccc1. The molecule has 1 aromatic heterocycles. The van der Waals surface area contributed by atoms with E-state index in [2.05, 4.69) is 60.6 Å². The van der Waals surface area contributed by atoms with E-state index in [-0.39, 0.29) is 16.6 Å². The van der Waals surface area contributed by atoms with E-state index in [1.54, 1.807) is 0 Å². The fourth-order valence-electron chi connectivity index (χ4n) is 2.93. The average molecular weight is 409 g/mol. The van der Waals surface area contributed by atoms with Crippen molar-refractivity contribution in [3.63, 3.8) is 0 Å². The maximum absolute atomic E-state index is 12.5. The number of nitrogens with one attached hydrogen (secondary N) is 1. The lowest BCUT2D eigenvalue weighted by atomic mass is 9.87. The first-order valence-corrected chi connectivity index (χ1v) is 10.6. The third kappa shape index (κ3) is 5.26. The molecule has 1 N–H and O–H groups in total. The van der Waals surface area contributed by atoms with Gasteiger partial charge in [0, 0.05) is 19.2 Å². The molecule has 0 aliphatic heterocycles. The Morgan fingerprint density at radius 1 is 1.07 bits per heavy atom. The second-order valence-corrected chi connectivity index (χ2v) is 9.46. The predicted octanol–water partition coefficient (Wildman–Crippen LogP) is 4.58. The highest BCUT2D eigenvalue weighted by atomic mass is 32.2. The summed E-state index contributed by atoms with van der Waals surface area (Å²) < 4.78 is 1.94. The molecular weight excluding hydrogens is 380 g/mol. The first kappa shape index (κ1) is 21.1. The Labute approximate surface area is 176 Å². The van der Waals surface area contributed by atoms with E-state index in [0.29, 0.717) is 6.54 Å².